The summed E-state index contributed by atoms with van der Waals surface area (Å²) in [7, 11) is 3.21. The zero-order chi connectivity index (χ0) is 20.1. The number of rotatable bonds is 7. The molecule has 0 bridgehead atoms. The van der Waals surface area contributed by atoms with Gasteiger partial charge in [-0.05, 0) is 49.2 Å². The molecule has 0 aliphatic carbocycles. The van der Waals surface area contributed by atoms with Gasteiger partial charge in [-0.3, -0.25) is 0 Å². The van der Waals surface area contributed by atoms with E-state index in [-0.39, 0.29) is 6.10 Å². The first-order valence-electron chi connectivity index (χ1n) is 9.08. The summed E-state index contributed by atoms with van der Waals surface area (Å²) in [5.41, 5.74) is 2.83. The van der Waals surface area contributed by atoms with Crippen LogP contribution in [0.4, 0.5) is 0 Å². The van der Waals surface area contributed by atoms with Crippen LogP contribution in [-0.4, -0.2) is 30.3 Å². The summed E-state index contributed by atoms with van der Waals surface area (Å²) in [5.74, 6) is 2.54. The summed E-state index contributed by atoms with van der Waals surface area (Å²) in [6, 6.07) is 13.4. The number of methoxy groups -OCH3 is 2. The van der Waals surface area contributed by atoms with Crippen molar-refractivity contribution < 1.29 is 14.2 Å². The number of benzene rings is 2. The van der Waals surface area contributed by atoms with Gasteiger partial charge in [0.2, 0.25) is 0 Å². The standard InChI is InChI=1S/C22H23N3O3/c1-5-14(2)28-20-9-6-15(11-21(20)27-4)10-16(13-23)22-24-18-8-7-17(26-3)12-19(18)25-22/h6-12,14H,5H2,1-4H3,(H,24,25)/b16-10-/t14-/m1/s1. The fourth-order valence-electron chi connectivity index (χ4n) is 2.73. The highest BCUT2D eigenvalue weighted by Gasteiger charge is 2.11. The number of aromatic nitrogens is 2. The molecule has 0 amide bonds. The topological polar surface area (TPSA) is 80.2 Å². The molecule has 0 radical (unpaired) electrons. The molecule has 0 saturated carbocycles. The Labute approximate surface area is 164 Å². The Bertz CT molecular complexity index is 1050. The molecule has 0 spiro atoms. The van der Waals surface area contributed by atoms with E-state index in [0.29, 0.717) is 22.9 Å². The van der Waals surface area contributed by atoms with Crippen molar-refractivity contribution in [1.29, 1.82) is 5.26 Å². The number of H-pyrrole nitrogens is 1. The van der Waals surface area contributed by atoms with Crippen LogP contribution in [0, 0.1) is 11.3 Å². The number of hydrogen-bond acceptors (Lipinski definition) is 5. The van der Waals surface area contributed by atoms with E-state index in [2.05, 4.69) is 23.0 Å². The van der Waals surface area contributed by atoms with Crippen molar-refractivity contribution in [3.63, 3.8) is 0 Å². The third-order valence-electron chi connectivity index (χ3n) is 4.47. The van der Waals surface area contributed by atoms with Crippen LogP contribution in [0.3, 0.4) is 0 Å². The van der Waals surface area contributed by atoms with E-state index in [1.54, 1.807) is 20.3 Å². The lowest BCUT2D eigenvalue weighted by molar-refractivity contribution is 0.207. The van der Waals surface area contributed by atoms with Crippen molar-refractivity contribution >= 4 is 22.7 Å². The Morgan fingerprint density at radius 2 is 2.00 bits per heavy atom. The Balaban J connectivity index is 1.95. The van der Waals surface area contributed by atoms with Crippen LogP contribution in [0.1, 0.15) is 31.7 Å². The van der Waals surface area contributed by atoms with Gasteiger partial charge < -0.3 is 19.2 Å². The van der Waals surface area contributed by atoms with Gasteiger partial charge in [-0.25, -0.2) is 4.98 Å². The van der Waals surface area contributed by atoms with Crippen molar-refractivity contribution in [2.75, 3.05) is 14.2 Å². The van der Waals surface area contributed by atoms with Crippen molar-refractivity contribution in [3.8, 4) is 23.3 Å². The number of nitriles is 1. The van der Waals surface area contributed by atoms with Gasteiger partial charge in [0.25, 0.3) is 0 Å². The molecule has 0 aliphatic heterocycles. The summed E-state index contributed by atoms with van der Waals surface area (Å²) in [5, 5.41) is 9.64. The van der Waals surface area contributed by atoms with E-state index >= 15 is 0 Å². The van der Waals surface area contributed by atoms with Gasteiger partial charge >= 0.3 is 0 Å². The Hall–Kier alpha value is -3.46. The number of nitrogens with one attached hydrogen (secondary N) is 1. The van der Waals surface area contributed by atoms with E-state index < -0.39 is 0 Å². The van der Waals surface area contributed by atoms with Gasteiger partial charge in [-0.2, -0.15) is 5.26 Å². The smallest absolute Gasteiger partial charge is 0.161 e. The summed E-state index contributed by atoms with van der Waals surface area (Å²) in [4.78, 5) is 7.69. The monoisotopic (exact) mass is 377 g/mol. The SMILES string of the molecule is CC[C@@H](C)Oc1ccc(/C=C(/C#N)c2nc3ccc(OC)cc3[nH]2)cc1OC. The van der Waals surface area contributed by atoms with Crippen molar-refractivity contribution in [3.05, 3.63) is 47.8 Å². The van der Waals surface area contributed by atoms with Crippen LogP contribution >= 0.6 is 0 Å². The van der Waals surface area contributed by atoms with Gasteiger partial charge in [-0.15, -0.1) is 0 Å². The maximum Gasteiger partial charge on any atom is 0.161 e. The normalized spacial score (nSPS) is 12.5. The molecule has 0 unspecified atom stereocenters. The lowest BCUT2D eigenvalue weighted by Crippen LogP contribution is -2.10. The van der Waals surface area contributed by atoms with Gasteiger partial charge in [0.15, 0.2) is 11.5 Å². The third kappa shape index (κ3) is 4.09. The van der Waals surface area contributed by atoms with Crippen LogP contribution in [-0.2, 0) is 0 Å². The summed E-state index contributed by atoms with van der Waals surface area (Å²) >= 11 is 0. The average molecular weight is 377 g/mol. The fraction of sp³-hybridized carbons (Fsp3) is 0.273. The molecule has 3 aromatic rings. The molecule has 0 aliphatic rings. The van der Waals surface area contributed by atoms with Gasteiger partial charge in [-0.1, -0.05) is 13.0 Å². The Kier molecular flexibility index (Phi) is 5.85. The molecule has 1 N–H and O–H groups in total. The summed E-state index contributed by atoms with van der Waals surface area (Å²) in [6.07, 6.45) is 2.77. The van der Waals surface area contributed by atoms with Crippen molar-refractivity contribution in [2.45, 2.75) is 26.4 Å². The van der Waals surface area contributed by atoms with Gasteiger partial charge in [0, 0.05) is 6.07 Å². The first-order valence-corrected chi connectivity index (χ1v) is 9.08. The van der Waals surface area contributed by atoms with Crippen LogP contribution in [0.2, 0.25) is 0 Å². The molecule has 2 aromatic carbocycles. The number of nitrogens with zero attached hydrogens (tertiary/aromatic N) is 2. The fourth-order valence-corrected chi connectivity index (χ4v) is 2.73. The lowest BCUT2D eigenvalue weighted by Gasteiger charge is -2.15. The zero-order valence-corrected chi connectivity index (χ0v) is 16.4. The molecular weight excluding hydrogens is 354 g/mol. The largest absolute Gasteiger partial charge is 0.497 e. The number of imidazole rings is 1. The number of hydrogen-bond donors (Lipinski definition) is 1. The summed E-state index contributed by atoms with van der Waals surface area (Å²) in [6.45, 7) is 4.08. The first-order chi connectivity index (χ1) is 13.6. The second-order valence-corrected chi connectivity index (χ2v) is 6.39. The van der Waals surface area contributed by atoms with Crippen LogP contribution < -0.4 is 14.2 Å². The predicted molar refractivity (Wildman–Crippen MR) is 110 cm³/mol. The molecule has 1 atom stereocenters. The van der Waals surface area contributed by atoms with E-state index in [4.69, 9.17) is 14.2 Å². The van der Waals surface area contributed by atoms with E-state index in [9.17, 15) is 5.26 Å². The second-order valence-electron chi connectivity index (χ2n) is 6.39. The van der Waals surface area contributed by atoms with E-state index in [0.717, 1.165) is 28.8 Å². The quantitative estimate of drug-likeness (QED) is 0.597. The molecule has 6 heteroatoms. The minimum atomic E-state index is 0.0949. The van der Waals surface area contributed by atoms with Crippen LogP contribution in [0.5, 0.6) is 17.2 Å². The lowest BCUT2D eigenvalue weighted by atomic mass is 10.1. The molecule has 28 heavy (non-hydrogen) atoms. The predicted octanol–water partition coefficient (Wildman–Crippen LogP) is 4.82. The maximum atomic E-state index is 9.64. The van der Waals surface area contributed by atoms with Crippen LogP contribution in [0.15, 0.2) is 36.4 Å². The molecule has 6 nitrogen and oxygen atoms in total. The molecule has 0 saturated heterocycles. The molecule has 1 aromatic heterocycles. The van der Waals surface area contributed by atoms with Crippen molar-refractivity contribution in [1.82, 2.24) is 9.97 Å². The zero-order valence-electron chi connectivity index (χ0n) is 16.4. The highest BCUT2D eigenvalue weighted by molar-refractivity contribution is 5.90. The van der Waals surface area contributed by atoms with Crippen LogP contribution in [0.25, 0.3) is 22.7 Å². The molecular formula is C22H23N3O3. The van der Waals surface area contributed by atoms with Gasteiger partial charge in [0.05, 0.1) is 36.9 Å². The van der Waals surface area contributed by atoms with E-state index in [1.807, 2.05) is 43.3 Å². The van der Waals surface area contributed by atoms with Crippen molar-refractivity contribution in [2.24, 2.45) is 0 Å². The highest BCUT2D eigenvalue weighted by atomic mass is 16.5. The molecule has 1 heterocycles. The minimum Gasteiger partial charge on any atom is -0.497 e. The summed E-state index contributed by atoms with van der Waals surface area (Å²) < 4.78 is 16.6. The van der Waals surface area contributed by atoms with Gasteiger partial charge in [0.1, 0.15) is 17.6 Å². The molecule has 3 rings (SSSR count). The number of aromatic amines is 1. The maximum absolute atomic E-state index is 9.64. The Morgan fingerprint density at radius 1 is 1.18 bits per heavy atom. The van der Waals surface area contributed by atoms with E-state index in [1.165, 1.54) is 0 Å². The molecule has 144 valence electrons. The average Bonchev–Trinajstić information content (AvgIpc) is 3.15. The minimum absolute atomic E-state index is 0.0949. The Morgan fingerprint density at radius 3 is 2.68 bits per heavy atom. The first kappa shape index (κ1) is 19.3. The number of fused-ring (bicyclic) bond motifs is 1. The molecule has 0 fully saturated rings. The highest BCUT2D eigenvalue weighted by Crippen LogP contribution is 2.31. The third-order valence-corrected chi connectivity index (χ3v) is 4.47. The number of ether oxygens (including phenoxy) is 3. The second kappa shape index (κ2) is 8.49. The number of allylic oxidation sites excluding steroid dienone is 1.